The highest BCUT2D eigenvalue weighted by atomic mass is 35.5. The van der Waals surface area contributed by atoms with E-state index in [1.807, 2.05) is 0 Å². The van der Waals surface area contributed by atoms with Crippen molar-refractivity contribution in [2.75, 3.05) is 6.54 Å². The number of hydrogen-bond acceptors (Lipinski definition) is 2. The van der Waals surface area contributed by atoms with Crippen molar-refractivity contribution in [1.29, 1.82) is 0 Å². The second-order valence-corrected chi connectivity index (χ2v) is 3.99. The molecule has 0 bridgehead atoms. The van der Waals surface area contributed by atoms with Crippen molar-refractivity contribution in [2.24, 2.45) is 0 Å². The van der Waals surface area contributed by atoms with Gasteiger partial charge in [-0.15, -0.1) is 12.4 Å². The first kappa shape index (κ1) is 16.0. The Morgan fingerprint density at radius 2 is 1.80 bits per heavy atom. The molecule has 0 radical (unpaired) electrons. The van der Waals surface area contributed by atoms with Crippen molar-refractivity contribution in [3.8, 4) is 0 Å². The first-order chi connectivity index (χ1) is 9.16. The second-order valence-electron chi connectivity index (χ2n) is 3.99. The van der Waals surface area contributed by atoms with Crippen LogP contribution in [0, 0.1) is 11.6 Å². The predicted octanol–water partition coefficient (Wildman–Crippen LogP) is 2.75. The quantitative estimate of drug-likeness (QED) is 0.943. The highest BCUT2D eigenvalue weighted by molar-refractivity contribution is 5.93. The molecule has 0 fully saturated rings. The SMILES string of the molecule is Cl.O=C(NCCc1ccc(F)c(F)c1)c1ccncc1. The van der Waals surface area contributed by atoms with E-state index in [0.717, 1.165) is 12.1 Å². The Labute approximate surface area is 121 Å². The van der Waals surface area contributed by atoms with E-state index in [1.165, 1.54) is 18.5 Å². The third kappa shape index (κ3) is 4.28. The van der Waals surface area contributed by atoms with E-state index in [9.17, 15) is 13.6 Å². The number of carbonyl (C=O) groups is 1. The molecule has 6 heteroatoms. The molecule has 0 aliphatic heterocycles. The van der Waals surface area contributed by atoms with Crippen LogP contribution < -0.4 is 5.32 Å². The molecule has 0 aliphatic rings. The van der Waals surface area contributed by atoms with E-state index in [-0.39, 0.29) is 18.3 Å². The Kier molecular flexibility index (Phi) is 6.06. The molecule has 2 rings (SSSR count). The Balaban J connectivity index is 0.00000200. The molecule has 3 nitrogen and oxygen atoms in total. The fraction of sp³-hybridized carbons (Fsp3) is 0.143. The van der Waals surface area contributed by atoms with Gasteiger partial charge in [0.1, 0.15) is 0 Å². The third-order valence-corrected chi connectivity index (χ3v) is 2.63. The van der Waals surface area contributed by atoms with Crippen LogP contribution in [0.3, 0.4) is 0 Å². The third-order valence-electron chi connectivity index (χ3n) is 2.63. The van der Waals surface area contributed by atoms with Crippen LogP contribution in [0.5, 0.6) is 0 Å². The molecule has 0 spiro atoms. The average molecular weight is 299 g/mol. The van der Waals surface area contributed by atoms with Crippen LogP contribution in [0.2, 0.25) is 0 Å². The first-order valence-electron chi connectivity index (χ1n) is 5.79. The zero-order valence-corrected chi connectivity index (χ0v) is 11.3. The van der Waals surface area contributed by atoms with Gasteiger partial charge >= 0.3 is 0 Å². The van der Waals surface area contributed by atoms with Gasteiger partial charge in [-0.05, 0) is 36.2 Å². The fourth-order valence-corrected chi connectivity index (χ4v) is 1.62. The van der Waals surface area contributed by atoms with Crippen molar-refractivity contribution in [3.63, 3.8) is 0 Å². The number of carbonyl (C=O) groups excluding carboxylic acids is 1. The molecule has 2 aromatic rings. The van der Waals surface area contributed by atoms with Gasteiger partial charge in [0.15, 0.2) is 11.6 Å². The largest absolute Gasteiger partial charge is 0.352 e. The lowest BCUT2D eigenvalue weighted by Gasteiger charge is -2.05. The minimum atomic E-state index is -0.877. The van der Waals surface area contributed by atoms with E-state index in [1.54, 1.807) is 12.1 Å². The molecule has 0 unspecified atom stereocenters. The summed E-state index contributed by atoms with van der Waals surface area (Å²) in [5.74, 6) is -1.97. The van der Waals surface area contributed by atoms with Gasteiger partial charge in [0.2, 0.25) is 0 Å². The molecule has 1 N–H and O–H groups in total. The van der Waals surface area contributed by atoms with Crippen LogP contribution >= 0.6 is 12.4 Å². The maximum atomic E-state index is 13.0. The van der Waals surface area contributed by atoms with Crippen LogP contribution in [0.4, 0.5) is 8.78 Å². The van der Waals surface area contributed by atoms with Gasteiger partial charge in [-0.2, -0.15) is 0 Å². The monoisotopic (exact) mass is 298 g/mol. The summed E-state index contributed by atoms with van der Waals surface area (Å²) in [4.78, 5) is 15.5. The lowest BCUT2D eigenvalue weighted by Crippen LogP contribution is -2.25. The molecule has 1 amide bonds. The molecular weight excluding hydrogens is 286 g/mol. The maximum absolute atomic E-state index is 13.0. The summed E-state index contributed by atoms with van der Waals surface area (Å²) < 4.78 is 25.7. The summed E-state index contributed by atoms with van der Waals surface area (Å²) >= 11 is 0. The zero-order valence-electron chi connectivity index (χ0n) is 10.5. The molecule has 1 aromatic heterocycles. The van der Waals surface area contributed by atoms with Crippen molar-refractivity contribution in [1.82, 2.24) is 10.3 Å². The minimum Gasteiger partial charge on any atom is -0.352 e. The standard InChI is InChI=1S/C14H12F2N2O.ClH/c15-12-2-1-10(9-13(12)16)3-8-18-14(19)11-4-6-17-7-5-11;/h1-2,4-7,9H,3,8H2,(H,18,19);1H. The molecule has 0 atom stereocenters. The number of pyridine rings is 1. The van der Waals surface area contributed by atoms with Gasteiger partial charge in [0.25, 0.3) is 5.91 Å². The van der Waals surface area contributed by atoms with E-state index in [2.05, 4.69) is 10.3 Å². The molecule has 0 saturated heterocycles. The molecule has 0 aliphatic carbocycles. The van der Waals surface area contributed by atoms with Crippen LogP contribution in [-0.2, 0) is 6.42 Å². The first-order valence-corrected chi connectivity index (χ1v) is 5.79. The number of benzene rings is 1. The Morgan fingerprint density at radius 1 is 1.10 bits per heavy atom. The molecule has 20 heavy (non-hydrogen) atoms. The topological polar surface area (TPSA) is 42.0 Å². The van der Waals surface area contributed by atoms with E-state index in [4.69, 9.17) is 0 Å². The van der Waals surface area contributed by atoms with E-state index < -0.39 is 11.6 Å². The summed E-state index contributed by atoms with van der Waals surface area (Å²) in [5, 5.41) is 2.70. The zero-order chi connectivity index (χ0) is 13.7. The Hall–Kier alpha value is -2.01. The Bertz CT molecular complexity index is 579. The number of halogens is 3. The average Bonchev–Trinajstić information content (AvgIpc) is 2.43. The summed E-state index contributed by atoms with van der Waals surface area (Å²) in [6, 6.07) is 6.92. The van der Waals surface area contributed by atoms with Crippen molar-refractivity contribution in [3.05, 3.63) is 65.5 Å². The highest BCUT2D eigenvalue weighted by Gasteiger charge is 2.05. The number of hydrogen-bond donors (Lipinski definition) is 1. The lowest BCUT2D eigenvalue weighted by atomic mass is 10.1. The molecule has 1 heterocycles. The van der Waals surface area contributed by atoms with Gasteiger partial charge in [0, 0.05) is 24.5 Å². The number of amides is 1. The summed E-state index contributed by atoms with van der Waals surface area (Å²) in [6.07, 6.45) is 3.50. The molecule has 106 valence electrons. The van der Waals surface area contributed by atoms with E-state index >= 15 is 0 Å². The van der Waals surface area contributed by atoms with Gasteiger partial charge in [0.05, 0.1) is 0 Å². The van der Waals surface area contributed by atoms with Crippen molar-refractivity contribution >= 4 is 18.3 Å². The normalized spacial score (nSPS) is 9.70. The van der Waals surface area contributed by atoms with Gasteiger partial charge in [-0.1, -0.05) is 6.07 Å². The van der Waals surface area contributed by atoms with Gasteiger partial charge < -0.3 is 5.32 Å². The van der Waals surface area contributed by atoms with E-state index in [0.29, 0.717) is 24.1 Å². The molecule has 1 aromatic carbocycles. The number of rotatable bonds is 4. The maximum Gasteiger partial charge on any atom is 0.251 e. The minimum absolute atomic E-state index is 0. The smallest absolute Gasteiger partial charge is 0.251 e. The van der Waals surface area contributed by atoms with Gasteiger partial charge in [-0.25, -0.2) is 8.78 Å². The van der Waals surface area contributed by atoms with Crippen LogP contribution in [0.25, 0.3) is 0 Å². The molecule has 0 saturated carbocycles. The number of aromatic nitrogens is 1. The molecular formula is C14H13ClF2N2O. The van der Waals surface area contributed by atoms with Crippen molar-refractivity contribution in [2.45, 2.75) is 6.42 Å². The lowest BCUT2D eigenvalue weighted by molar-refractivity contribution is 0.0954. The fourth-order valence-electron chi connectivity index (χ4n) is 1.62. The van der Waals surface area contributed by atoms with Crippen LogP contribution in [0.1, 0.15) is 15.9 Å². The Morgan fingerprint density at radius 3 is 2.45 bits per heavy atom. The summed E-state index contributed by atoms with van der Waals surface area (Å²) in [6.45, 7) is 0.353. The second kappa shape index (κ2) is 7.55. The summed E-state index contributed by atoms with van der Waals surface area (Å²) in [7, 11) is 0. The van der Waals surface area contributed by atoms with Crippen LogP contribution in [-0.4, -0.2) is 17.4 Å². The predicted molar refractivity (Wildman–Crippen MR) is 73.9 cm³/mol. The van der Waals surface area contributed by atoms with Crippen LogP contribution in [0.15, 0.2) is 42.7 Å². The van der Waals surface area contributed by atoms with Gasteiger partial charge in [-0.3, -0.25) is 9.78 Å². The number of nitrogens with zero attached hydrogens (tertiary/aromatic N) is 1. The van der Waals surface area contributed by atoms with Crippen molar-refractivity contribution < 1.29 is 13.6 Å². The number of nitrogens with one attached hydrogen (secondary N) is 1. The highest BCUT2D eigenvalue weighted by Crippen LogP contribution is 2.08. The summed E-state index contributed by atoms with van der Waals surface area (Å²) in [5.41, 5.74) is 1.15.